The number of thiophene rings is 7. The number of hydrogen-bond acceptors (Lipinski definition) is 9. The Bertz CT molecular complexity index is 4950. The van der Waals surface area contributed by atoms with Crippen LogP contribution in [0.2, 0.25) is 0 Å². The van der Waals surface area contributed by atoms with E-state index in [1.807, 2.05) is 52.3 Å². The summed E-state index contributed by atoms with van der Waals surface area (Å²) in [7, 11) is 0. The molecule has 7 heterocycles. The molecular weight excluding hydrogens is 1120 g/mol. The minimum atomic E-state index is -0.402. The fourth-order valence-electron chi connectivity index (χ4n) is 11.8. The van der Waals surface area contributed by atoms with Gasteiger partial charge < -0.3 is 0 Å². The second kappa shape index (κ2) is 18.8. The predicted octanol–water partition coefficient (Wildman–Crippen LogP) is 23.2. The summed E-state index contributed by atoms with van der Waals surface area (Å²) in [6.45, 7) is 14.2. The molecule has 388 valence electrons. The first kappa shape index (κ1) is 50.0. The Morgan fingerprint density at radius 1 is 0.412 bits per heavy atom. The average Bonchev–Trinajstić information content (AvgIpc) is 4.52. The quantitative estimate of drug-likeness (QED) is 0.135. The molecule has 0 N–H and O–H groups in total. The fraction of sp³-hybridized carbons (Fsp3) is 0.114. The first-order chi connectivity index (χ1) is 38.7. The van der Waals surface area contributed by atoms with E-state index in [2.05, 4.69) is 180 Å². The maximum Gasteiger partial charge on any atom is 0.172 e. The molecule has 7 aromatic heterocycles. The monoisotopic (exact) mass is 1160 g/mol. The van der Waals surface area contributed by atoms with Crippen molar-refractivity contribution in [1.29, 1.82) is 0 Å². The van der Waals surface area contributed by atoms with Crippen molar-refractivity contribution in [2.45, 2.75) is 54.9 Å². The van der Waals surface area contributed by atoms with E-state index < -0.39 is 5.82 Å². The zero-order valence-corrected chi connectivity index (χ0v) is 50.3. The Balaban J connectivity index is 1.01. The Hall–Kier alpha value is -6.99. The predicted molar refractivity (Wildman–Crippen MR) is 349 cm³/mol. The van der Waals surface area contributed by atoms with Gasteiger partial charge in [-0.1, -0.05) is 131 Å². The molecule has 0 aliphatic heterocycles. The highest BCUT2D eigenvalue weighted by Crippen LogP contribution is 2.58. The van der Waals surface area contributed by atoms with Crippen molar-refractivity contribution in [3.05, 3.63) is 199 Å². The van der Waals surface area contributed by atoms with E-state index in [0.717, 1.165) is 63.0 Å². The highest BCUT2D eigenvalue weighted by Gasteiger charge is 2.30. The third-order valence-electron chi connectivity index (χ3n) is 15.9. The van der Waals surface area contributed by atoms with Gasteiger partial charge >= 0.3 is 0 Å². The molecule has 14 aromatic rings. The van der Waals surface area contributed by atoms with E-state index in [1.54, 1.807) is 22.7 Å². The van der Waals surface area contributed by atoms with Crippen LogP contribution < -0.4 is 0 Å². The summed E-state index contributed by atoms with van der Waals surface area (Å²) in [5.41, 5.74) is 18.5. The smallest absolute Gasteiger partial charge is 0.172 e. The van der Waals surface area contributed by atoms with Gasteiger partial charge in [-0.15, -0.1) is 79.4 Å². The summed E-state index contributed by atoms with van der Waals surface area (Å²) in [5.74, 6) is -0.453. The van der Waals surface area contributed by atoms with Crippen molar-refractivity contribution >= 4 is 141 Å². The topological polar surface area (TPSA) is 34.1 Å². The number of carbonyl (C=O) groups excluding carboxylic acids is 2. The third kappa shape index (κ3) is 7.89. The van der Waals surface area contributed by atoms with E-state index in [-0.39, 0.29) is 16.4 Å². The van der Waals surface area contributed by atoms with Crippen LogP contribution in [-0.4, -0.2) is 11.6 Å². The molecular formula is C70H47FO2S7. The summed E-state index contributed by atoms with van der Waals surface area (Å²) >= 11 is 12.1. The normalized spacial score (nSPS) is 12.5. The van der Waals surface area contributed by atoms with E-state index in [0.29, 0.717) is 11.8 Å². The molecule has 10 heteroatoms. The molecule has 7 aromatic carbocycles. The number of rotatable bonds is 9. The fourth-order valence-corrected chi connectivity index (χ4v) is 20.6. The highest BCUT2D eigenvalue weighted by atomic mass is 32.1. The SMILES string of the molecule is CC(=O)c1sc2c(-c3cc4c(-c5ccc(C)cc5)c(-c5ccc(C)cc5)c5cc(-c6cc(-c7ccc8c(c7)C(=O)C8)c(-c7cc8c(-c9ccc(C)cc9)c(-c9ccc(C)cc9)c9cc(C)sc9c8s7)s6)sc5c4s3)sc(C)c2c1F. The number of aryl methyl sites for hydroxylation is 6. The maximum absolute atomic E-state index is 16.0. The molecule has 15 rings (SSSR count). The van der Waals surface area contributed by atoms with E-state index in [9.17, 15) is 9.59 Å². The molecule has 2 nitrogen and oxygen atoms in total. The van der Waals surface area contributed by atoms with Gasteiger partial charge in [0.05, 0.1) is 33.3 Å². The molecule has 0 unspecified atom stereocenters. The number of carbonyl (C=O) groups is 2. The number of benzene rings is 7. The maximum atomic E-state index is 16.0. The molecule has 0 amide bonds. The van der Waals surface area contributed by atoms with Gasteiger partial charge in [0.25, 0.3) is 0 Å². The Morgan fingerprint density at radius 2 is 0.838 bits per heavy atom. The summed E-state index contributed by atoms with van der Waals surface area (Å²) < 4.78 is 21.9. The zero-order valence-electron chi connectivity index (χ0n) is 44.6. The van der Waals surface area contributed by atoms with Crippen LogP contribution in [0, 0.1) is 47.4 Å². The van der Waals surface area contributed by atoms with Crippen LogP contribution in [0.1, 0.15) is 64.5 Å². The van der Waals surface area contributed by atoms with Gasteiger partial charge in [-0.2, -0.15) is 0 Å². The van der Waals surface area contributed by atoms with Crippen LogP contribution in [0.3, 0.4) is 0 Å². The van der Waals surface area contributed by atoms with Crippen molar-refractivity contribution in [1.82, 2.24) is 0 Å². The lowest BCUT2D eigenvalue weighted by Gasteiger charge is -2.18. The third-order valence-corrected chi connectivity index (χ3v) is 24.9. The summed E-state index contributed by atoms with van der Waals surface area (Å²) in [4.78, 5) is 35.1. The molecule has 1 aliphatic rings. The number of ketones is 2. The second-order valence-corrected chi connectivity index (χ2v) is 29.2. The van der Waals surface area contributed by atoms with Crippen LogP contribution in [0.4, 0.5) is 4.39 Å². The standard InChI is InChI=1S/C70H47FO2S7/c1-33-8-16-40(17-9-33)58-48-26-37(5)74-65(48)66-50(60(58)42-20-12-35(3)13-21-42)31-55(78-66)64-47(44-24-25-45-28-52(73)46(45)27-44)29-53(76-64)54-30-49-59(41-18-10-34(2)11-19-41)61(43-22-14-36(4)15-23-43)51-32-56(79-68(51)67(49)77-54)69-70-57(39(7)75-69)62(71)63(80-70)38(6)72/h8-27,29-32H,28H2,1-7H3. The van der Waals surface area contributed by atoms with Crippen molar-refractivity contribution in [2.75, 3.05) is 0 Å². The molecule has 0 radical (unpaired) electrons. The molecule has 0 atom stereocenters. The van der Waals surface area contributed by atoms with Gasteiger partial charge in [0.1, 0.15) is 4.88 Å². The minimum Gasteiger partial charge on any atom is -0.294 e. The van der Waals surface area contributed by atoms with E-state index in [1.165, 1.54) is 128 Å². The zero-order chi connectivity index (χ0) is 54.6. The molecule has 0 spiro atoms. The number of halogens is 1. The number of Topliss-reactive ketones (excluding diaryl/α,β-unsaturated/α-hetero) is 2. The van der Waals surface area contributed by atoms with Crippen LogP contribution in [0.15, 0.2) is 146 Å². The first-order valence-electron chi connectivity index (χ1n) is 26.6. The van der Waals surface area contributed by atoms with Gasteiger partial charge in [0.15, 0.2) is 17.4 Å². The van der Waals surface area contributed by atoms with Crippen molar-refractivity contribution in [3.8, 4) is 84.9 Å². The summed E-state index contributed by atoms with van der Waals surface area (Å²) in [6.07, 6.45) is 0.490. The molecule has 0 bridgehead atoms. The summed E-state index contributed by atoms with van der Waals surface area (Å²) in [5, 5.41) is 5.43. The van der Waals surface area contributed by atoms with Crippen LogP contribution in [0.25, 0.3) is 135 Å². The van der Waals surface area contributed by atoms with Gasteiger partial charge in [-0.05, 0) is 134 Å². The Morgan fingerprint density at radius 3 is 1.32 bits per heavy atom. The first-order valence-corrected chi connectivity index (χ1v) is 32.3. The van der Waals surface area contributed by atoms with E-state index in [4.69, 9.17) is 0 Å². The second-order valence-electron chi connectivity index (χ2n) is 21.4. The summed E-state index contributed by atoms with van der Waals surface area (Å²) in [6, 6.07) is 54.4. The molecule has 80 heavy (non-hydrogen) atoms. The Labute approximate surface area is 490 Å². The van der Waals surface area contributed by atoms with Crippen molar-refractivity contribution in [2.24, 2.45) is 0 Å². The Kier molecular flexibility index (Phi) is 11.7. The van der Waals surface area contributed by atoms with Crippen LogP contribution in [-0.2, 0) is 6.42 Å². The molecule has 1 aliphatic carbocycles. The van der Waals surface area contributed by atoms with Gasteiger partial charge in [-0.3, -0.25) is 9.59 Å². The van der Waals surface area contributed by atoms with E-state index >= 15 is 4.39 Å². The highest BCUT2D eigenvalue weighted by molar-refractivity contribution is 7.35. The van der Waals surface area contributed by atoms with Crippen molar-refractivity contribution in [3.63, 3.8) is 0 Å². The number of fused-ring (bicyclic) bond motifs is 8. The lowest BCUT2D eigenvalue weighted by molar-refractivity contribution is 0.0966. The van der Waals surface area contributed by atoms with Gasteiger partial charge in [-0.25, -0.2) is 4.39 Å². The average molecular weight is 1160 g/mol. The lowest BCUT2D eigenvalue weighted by atomic mass is 9.85. The lowest BCUT2D eigenvalue weighted by Crippen LogP contribution is -2.18. The minimum absolute atomic E-state index is 0.190. The van der Waals surface area contributed by atoms with Gasteiger partial charge in [0.2, 0.25) is 0 Å². The number of hydrogen-bond donors (Lipinski definition) is 0. The molecule has 0 saturated heterocycles. The van der Waals surface area contributed by atoms with Crippen LogP contribution >= 0.6 is 79.4 Å². The van der Waals surface area contributed by atoms with Crippen LogP contribution in [0.5, 0.6) is 0 Å². The largest absolute Gasteiger partial charge is 0.294 e. The molecule has 0 fully saturated rings. The molecule has 0 saturated carbocycles. The van der Waals surface area contributed by atoms with Crippen molar-refractivity contribution < 1.29 is 14.0 Å². The van der Waals surface area contributed by atoms with Gasteiger partial charge in [0, 0.05) is 80.7 Å².